The number of likely N-dealkylation sites (tertiary alicyclic amines) is 1. The number of aliphatic imine (C=N–C) groups is 1. The molecule has 150 valence electrons. The van der Waals surface area contributed by atoms with Crippen molar-refractivity contribution in [2.24, 2.45) is 33.5 Å². The summed E-state index contributed by atoms with van der Waals surface area (Å²) in [5.74, 6) is -0.412. The van der Waals surface area contributed by atoms with Gasteiger partial charge in [-0.25, -0.2) is 4.99 Å². The lowest BCUT2D eigenvalue weighted by atomic mass is 9.75. The summed E-state index contributed by atoms with van der Waals surface area (Å²) < 4.78 is 0. The molecule has 3 aliphatic rings. The molecule has 1 amide bonds. The molecule has 0 radical (unpaired) electrons. The summed E-state index contributed by atoms with van der Waals surface area (Å²) in [5, 5.41) is 29.1. The fourth-order valence-corrected chi connectivity index (χ4v) is 4.03. The quantitative estimate of drug-likeness (QED) is 0.351. The Kier molecular flexibility index (Phi) is 5.64. The van der Waals surface area contributed by atoms with Crippen LogP contribution in [-0.4, -0.2) is 46.4 Å². The van der Waals surface area contributed by atoms with Gasteiger partial charge in [-0.05, 0) is 18.9 Å². The second-order valence-corrected chi connectivity index (χ2v) is 7.10. The number of amidine groups is 1. The van der Waals surface area contributed by atoms with Gasteiger partial charge in [-0.3, -0.25) is 10.2 Å². The van der Waals surface area contributed by atoms with E-state index in [1.807, 2.05) is 0 Å². The number of nitrogens with two attached hydrogens (primary N) is 2. The van der Waals surface area contributed by atoms with Gasteiger partial charge in [0, 0.05) is 43.3 Å². The fraction of sp³-hybridized carbons (Fsp3) is 0.350. The average molecular weight is 394 g/mol. The highest BCUT2D eigenvalue weighted by Crippen LogP contribution is 2.40. The van der Waals surface area contributed by atoms with Gasteiger partial charge >= 0.3 is 0 Å². The normalized spacial score (nSPS) is 25.9. The number of amides is 1. The minimum absolute atomic E-state index is 0.0174. The van der Waals surface area contributed by atoms with Gasteiger partial charge in [-0.15, -0.1) is 0 Å². The van der Waals surface area contributed by atoms with Gasteiger partial charge in [-0.1, -0.05) is 12.2 Å². The average Bonchev–Trinajstić information content (AvgIpc) is 2.72. The predicted molar refractivity (Wildman–Crippen MR) is 111 cm³/mol. The zero-order chi connectivity index (χ0) is 21.1. The molecule has 1 unspecified atom stereocenters. The number of allylic oxidation sites excluding steroid dienone is 6. The molecule has 29 heavy (non-hydrogen) atoms. The molecular weight excluding hydrogens is 370 g/mol. The van der Waals surface area contributed by atoms with Gasteiger partial charge in [0.2, 0.25) is 5.91 Å². The molecule has 1 saturated heterocycles. The van der Waals surface area contributed by atoms with Crippen LogP contribution in [0.15, 0.2) is 57.0 Å². The molecule has 0 aromatic heterocycles. The zero-order valence-electron chi connectivity index (χ0n) is 16.1. The number of hydrogen-bond acceptors (Lipinski definition) is 7. The highest BCUT2D eigenvalue weighted by atomic mass is 16.4. The van der Waals surface area contributed by atoms with Gasteiger partial charge in [0.05, 0.1) is 34.1 Å². The number of carbonyl (C=O) groups is 1. The molecule has 9 nitrogen and oxygen atoms in total. The first kappa shape index (κ1) is 20.1. The molecule has 7 N–H and O–H groups in total. The third-order valence-electron chi connectivity index (χ3n) is 5.53. The summed E-state index contributed by atoms with van der Waals surface area (Å²) in [6.07, 6.45) is 7.63. The van der Waals surface area contributed by atoms with Gasteiger partial charge < -0.3 is 21.6 Å². The maximum absolute atomic E-state index is 11.6. The number of rotatable bonds is 2. The van der Waals surface area contributed by atoms with E-state index in [1.54, 1.807) is 24.0 Å². The zero-order valence-corrected chi connectivity index (χ0v) is 16.1. The molecular formula is C20H24N7O2+. The van der Waals surface area contributed by atoms with Crippen LogP contribution in [0, 0.1) is 28.6 Å². The van der Waals surface area contributed by atoms with E-state index in [-0.39, 0.29) is 29.1 Å². The number of hydrogen-bond donors (Lipinski definition) is 3. The molecule has 1 atom stereocenters. The molecule has 3 rings (SSSR count). The summed E-state index contributed by atoms with van der Waals surface area (Å²) >= 11 is 0. The van der Waals surface area contributed by atoms with Gasteiger partial charge in [0.25, 0.3) is 0 Å². The molecule has 0 spiro atoms. The van der Waals surface area contributed by atoms with Crippen molar-refractivity contribution in [2.75, 3.05) is 13.1 Å². The van der Waals surface area contributed by atoms with Crippen molar-refractivity contribution in [2.45, 2.75) is 19.8 Å². The third-order valence-corrected chi connectivity index (χ3v) is 5.53. The van der Waals surface area contributed by atoms with Crippen LogP contribution in [0.5, 0.6) is 0 Å². The van der Waals surface area contributed by atoms with Crippen molar-refractivity contribution >= 4 is 23.2 Å². The maximum atomic E-state index is 11.6. The SMILES string of the molecule is CC(=O)N1CCC(C2=C(C#N)C(C3=CC=CC(=N)/C3=N\[OH2+])/C(=C/N)C(N)=N2)CC1. The Labute approximate surface area is 168 Å². The first-order chi connectivity index (χ1) is 13.9. The number of nitrogens with one attached hydrogen (secondary N) is 1. The van der Waals surface area contributed by atoms with Crippen molar-refractivity contribution in [3.63, 3.8) is 0 Å². The standard InChI is InChI=1S/C20H23N7O2/c1-11(28)27-7-5-12(6-8-27)18-14(9-21)17(15(10-22)20(24)25-18)13-3-2-4-16(23)19(13)26-29/h2-4,10,12,17,23,29H,5-8,22H2,1H3,(H2,24,25)/p+1/b15-10-,23-16?,26-19-. The molecule has 1 fully saturated rings. The van der Waals surface area contributed by atoms with Crippen LogP contribution >= 0.6 is 0 Å². The Morgan fingerprint density at radius 2 is 2.17 bits per heavy atom. The van der Waals surface area contributed by atoms with Crippen molar-refractivity contribution in [1.82, 2.24) is 4.90 Å². The first-order valence-corrected chi connectivity index (χ1v) is 9.30. The highest BCUT2D eigenvalue weighted by Gasteiger charge is 2.38. The third kappa shape index (κ3) is 3.57. The Balaban J connectivity index is 2.08. The first-order valence-electron chi connectivity index (χ1n) is 9.30. The number of piperidine rings is 1. The Bertz CT molecular complexity index is 967. The van der Waals surface area contributed by atoms with Crippen molar-refractivity contribution in [3.8, 4) is 6.07 Å². The van der Waals surface area contributed by atoms with Crippen LogP contribution in [0.25, 0.3) is 0 Å². The lowest BCUT2D eigenvalue weighted by Gasteiger charge is -2.35. The fourth-order valence-electron chi connectivity index (χ4n) is 4.03. The predicted octanol–water partition coefficient (Wildman–Crippen LogP) is 0.449. The van der Waals surface area contributed by atoms with Gasteiger partial charge in [0.1, 0.15) is 5.84 Å². The molecule has 2 heterocycles. The lowest BCUT2D eigenvalue weighted by Crippen LogP contribution is -2.39. The lowest BCUT2D eigenvalue weighted by molar-refractivity contribution is -0.130. The van der Waals surface area contributed by atoms with Crippen LogP contribution in [0.4, 0.5) is 0 Å². The topological polar surface area (TPSA) is 168 Å². The molecule has 0 aromatic rings. The van der Waals surface area contributed by atoms with E-state index >= 15 is 0 Å². The van der Waals surface area contributed by atoms with E-state index in [0.29, 0.717) is 48.3 Å². The second kappa shape index (κ2) is 8.14. The molecule has 2 aliphatic heterocycles. The number of carbonyl (C=O) groups excluding carboxylic acids is 1. The van der Waals surface area contributed by atoms with E-state index in [1.165, 1.54) is 12.3 Å². The minimum atomic E-state index is -0.641. The van der Waals surface area contributed by atoms with Crippen molar-refractivity contribution in [1.29, 1.82) is 10.7 Å². The van der Waals surface area contributed by atoms with Crippen LogP contribution < -0.4 is 11.5 Å². The van der Waals surface area contributed by atoms with Gasteiger partial charge in [0.15, 0.2) is 5.71 Å². The van der Waals surface area contributed by atoms with Crippen molar-refractivity contribution in [3.05, 3.63) is 46.8 Å². The van der Waals surface area contributed by atoms with E-state index < -0.39 is 5.92 Å². The van der Waals surface area contributed by atoms with Crippen LogP contribution in [-0.2, 0) is 4.79 Å². The van der Waals surface area contributed by atoms with Crippen LogP contribution in [0.3, 0.4) is 0 Å². The summed E-state index contributed by atoms with van der Waals surface area (Å²) in [7, 11) is 0. The maximum Gasteiger partial charge on any atom is 0.219 e. The summed E-state index contributed by atoms with van der Waals surface area (Å²) in [4.78, 5) is 17.9. The molecule has 1 aliphatic carbocycles. The molecule has 0 aromatic carbocycles. The van der Waals surface area contributed by atoms with Crippen LogP contribution in [0.2, 0.25) is 0 Å². The van der Waals surface area contributed by atoms with E-state index in [4.69, 9.17) is 22.1 Å². The van der Waals surface area contributed by atoms with E-state index in [9.17, 15) is 10.1 Å². The Hall–Kier alpha value is -3.67. The molecule has 9 heteroatoms. The smallest absolute Gasteiger partial charge is 0.219 e. The number of nitrogens with zero attached hydrogens (tertiary/aromatic N) is 4. The Morgan fingerprint density at radius 3 is 2.72 bits per heavy atom. The highest BCUT2D eigenvalue weighted by molar-refractivity contribution is 6.52. The van der Waals surface area contributed by atoms with E-state index in [0.717, 1.165) is 0 Å². The van der Waals surface area contributed by atoms with Gasteiger partial charge in [-0.2, -0.15) is 5.26 Å². The summed E-state index contributed by atoms with van der Waals surface area (Å²) in [6.45, 7) is 2.74. The largest absolute Gasteiger partial charge is 0.469 e. The molecule has 0 saturated carbocycles. The van der Waals surface area contributed by atoms with Crippen LogP contribution in [0.1, 0.15) is 19.8 Å². The Morgan fingerprint density at radius 1 is 1.48 bits per heavy atom. The minimum Gasteiger partial charge on any atom is -0.469 e. The summed E-state index contributed by atoms with van der Waals surface area (Å²) in [6, 6.07) is 2.27. The van der Waals surface area contributed by atoms with E-state index in [2.05, 4.69) is 16.2 Å². The van der Waals surface area contributed by atoms with Crippen molar-refractivity contribution < 1.29 is 10.0 Å². The monoisotopic (exact) mass is 394 g/mol. The summed E-state index contributed by atoms with van der Waals surface area (Å²) in [5.41, 5.74) is 14.3. The second-order valence-electron chi connectivity index (χ2n) is 7.10. The number of nitriles is 1. The molecule has 0 bridgehead atoms.